The molecule has 0 aromatic carbocycles. The predicted molar refractivity (Wildman–Crippen MR) is 72.0 cm³/mol. The molecule has 96 valence electrons. The Hall–Kier alpha value is -1.36. The lowest BCUT2D eigenvalue weighted by atomic mass is 10.1. The average molecular weight is 263 g/mol. The van der Waals surface area contributed by atoms with Crippen LogP contribution >= 0.6 is 11.3 Å². The van der Waals surface area contributed by atoms with Crippen LogP contribution in [0.5, 0.6) is 0 Å². The van der Waals surface area contributed by atoms with Gasteiger partial charge in [0.15, 0.2) is 4.96 Å². The molecule has 0 spiro atoms. The molecule has 18 heavy (non-hydrogen) atoms. The second-order valence-electron chi connectivity index (χ2n) is 4.88. The maximum Gasteiger partial charge on any atom is 0.271 e. The van der Waals surface area contributed by atoms with Crippen molar-refractivity contribution < 1.29 is 4.79 Å². The van der Waals surface area contributed by atoms with Crippen molar-refractivity contribution in [3.63, 3.8) is 0 Å². The second kappa shape index (κ2) is 5.10. The lowest BCUT2D eigenvalue weighted by molar-refractivity contribution is 0.0929. The van der Waals surface area contributed by atoms with E-state index in [0.29, 0.717) is 11.7 Å². The van der Waals surface area contributed by atoms with Crippen molar-refractivity contribution in [2.45, 2.75) is 44.6 Å². The lowest BCUT2D eigenvalue weighted by Crippen LogP contribution is -2.34. The number of rotatable bonds is 2. The van der Waals surface area contributed by atoms with Crippen LogP contribution in [0.3, 0.4) is 0 Å². The first-order valence-electron chi connectivity index (χ1n) is 6.56. The van der Waals surface area contributed by atoms with E-state index in [4.69, 9.17) is 0 Å². The molecule has 1 saturated carbocycles. The molecule has 3 rings (SSSR count). The lowest BCUT2D eigenvalue weighted by Gasteiger charge is -2.14. The van der Waals surface area contributed by atoms with Crippen LogP contribution in [0, 0.1) is 0 Å². The maximum absolute atomic E-state index is 12.1. The molecule has 1 fully saturated rings. The molecule has 0 saturated heterocycles. The standard InChI is InChI=1S/C13H17N3OS/c17-12(14-10-5-3-1-2-4-6-10)11-9-16-7-8-18-13(16)15-11/h7-10H,1-6H2,(H,14,17). The number of carbonyl (C=O) groups is 1. The molecule has 0 unspecified atom stereocenters. The van der Waals surface area contributed by atoms with Gasteiger partial charge in [-0.1, -0.05) is 25.7 Å². The van der Waals surface area contributed by atoms with Gasteiger partial charge in [-0.25, -0.2) is 4.98 Å². The smallest absolute Gasteiger partial charge is 0.271 e. The summed E-state index contributed by atoms with van der Waals surface area (Å²) in [5, 5.41) is 5.08. The molecule has 1 N–H and O–H groups in total. The van der Waals surface area contributed by atoms with Crippen LogP contribution in [0.15, 0.2) is 17.8 Å². The van der Waals surface area contributed by atoms with Gasteiger partial charge in [0.2, 0.25) is 0 Å². The Kier molecular flexibility index (Phi) is 3.32. The molecule has 1 aliphatic carbocycles. The summed E-state index contributed by atoms with van der Waals surface area (Å²) < 4.78 is 1.90. The third kappa shape index (κ3) is 2.41. The molecular weight excluding hydrogens is 246 g/mol. The third-order valence-corrected chi connectivity index (χ3v) is 4.29. The van der Waals surface area contributed by atoms with Crippen LogP contribution in [-0.4, -0.2) is 21.3 Å². The molecule has 1 amide bonds. The van der Waals surface area contributed by atoms with Crippen molar-refractivity contribution in [2.24, 2.45) is 0 Å². The highest BCUT2D eigenvalue weighted by Gasteiger charge is 2.17. The van der Waals surface area contributed by atoms with Crippen LogP contribution in [0.1, 0.15) is 49.0 Å². The van der Waals surface area contributed by atoms with Gasteiger partial charge < -0.3 is 5.32 Å². The third-order valence-electron chi connectivity index (χ3n) is 3.52. The zero-order chi connectivity index (χ0) is 12.4. The summed E-state index contributed by atoms with van der Waals surface area (Å²) in [5.41, 5.74) is 0.533. The van der Waals surface area contributed by atoms with E-state index >= 15 is 0 Å². The topological polar surface area (TPSA) is 46.4 Å². The summed E-state index contributed by atoms with van der Waals surface area (Å²) in [5.74, 6) is -0.0298. The zero-order valence-corrected chi connectivity index (χ0v) is 11.1. The number of nitrogens with one attached hydrogen (secondary N) is 1. The van der Waals surface area contributed by atoms with Crippen LogP contribution in [0.25, 0.3) is 4.96 Å². The summed E-state index contributed by atoms with van der Waals surface area (Å²) in [4.78, 5) is 17.3. The summed E-state index contributed by atoms with van der Waals surface area (Å²) in [6.07, 6.45) is 11.0. The van der Waals surface area contributed by atoms with E-state index in [1.165, 1.54) is 25.7 Å². The molecule has 5 heteroatoms. The van der Waals surface area contributed by atoms with Gasteiger partial charge in [0.1, 0.15) is 5.69 Å². The first-order valence-corrected chi connectivity index (χ1v) is 7.44. The Morgan fingerprint density at radius 2 is 2.11 bits per heavy atom. The monoisotopic (exact) mass is 263 g/mol. The zero-order valence-electron chi connectivity index (χ0n) is 10.3. The van der Waals surface area contributed by atoms with Gasteiger partial charge in [-0.2, -0.15) is 0 Å². The molecule has 0 radical (unpaired) electrons. The Bertz CT molecular complexity index is 509. The molecule has 1 aliphatic rings. The molecule has 2 aromatic heterocycles. The van der Waals surface area contributed by atoms with Crippen molar-refractivity contribution in [3.8, 4) is 0 Å². The first-order chi connectivity index (χ1) is 8.83. The van der Waals surface area contributed by atoms with E-state index in [1.54, 1.807) is 17.5 Å². The number of fused-ring (bicyclic) bond motifs is 1. The van der Waals surface area contributed by atoms with Crippen molar-refractivity contribution >= 4 is 22.2 Å². The summed E-state index contributed by atoms with van der Waals surface area (Å²) in [6.45, 7) is 0. The summed E-state index contributed by atoms with van der Waals surface area (Å²) in [6, 6.07) is 0.333. The van der Waals surface area contributed by atoms with Crippen molar-refractivity contribution in [1.82, 2.24) is 14.7 Å². The fourth-order valence-electron chi connectivity index (χ4n) is 2.52. The number of nitrogens with zero attached hydrogens (tertiary/aromatic N) is 2. The highest BCUT2D eigenvalue weighted by molar-refractivity contribution is 7.15. The Morgan fingerprint density at radius 1 is 1.33 bits per heavy atom. The molecule has 0 aliphatic heterocycles. The number of aromatic nitrogens is 2. The number of imidazole rings is 1. The molecular formula is C13H17N3OS. The van der Waals surface area contributed by atoms with Crippen molar-refractivity contribution in [3.05, 3.63) is 23.5 Å². The number of hydrogen-bond acceptors (Lipinski definition) is 3. The van der Waals surface area contributed by atoms with E-state index < -0.39 is 0 Å². The van der Waals surface area contributed by atoms with E-state index in [9.17, 15) is 4.79 Å². The number of hydrogen-bond donors (Lipinski definition) is 1. The van der Waals surface area contributed by atoms with Gasteiger partial charge in [-0.15, -0.1) is 11.3 Å². The Morgan fingerprint density at radius 3 is 2.83 bits per heavy atom. The predicted octanol–water partition coefficient (Wildman–Crippen LogP) is 2.85. The Labute approximate surface area is 110 Å². The number of thiazole rings is 1. The van der Waals surface area contributed by atoms with E-state index in [1.807, 2.05) is 16.0 Å². The fourth-order valence-corrected chi connectivity index (χ4v) is 3.22. The second-order valence-corrected chi connectivity index (χ2v) is 5.75. The van der Waals surface area contributed by atoms with Gasteiger partial charge in [0.05, 0.1) is 0 Å². The van der Waals surface area contributed by atoms with Gasteiger partial charge in [0, 0.05) is 23.8 Å². The minimum Gasteiger partial charge on any atom is -0.348 e. The normalized spacial score (nSPS) is 17.8. The number of amides is 1. The van der Waals surface area contributed by atoms with Crippen LogP contribution in [0.2, 0.25) is 0 Å². The van der Waals surface area contributed by atoms with E-state index in [2.05, 4.69) is 10.3 Å². The van der Waals surface area contributed by atoms with Crippen LogP contribution in [0.4, 0.5) is 0 Å². The summed E-state index contributed by atoms with van der Waals surface area (Å²) >= 11 is 1.55. The van der Waals surface area contributed by atoms with Crippen molar-refractivity contribution in [2.75, 3.05) is 0 Å². The van der Waals surface area contributed by atoms with Crippen LogP contribution < -0.4 is 5.32 Å². The van der Waals surface area contributed by atoms with Gasteiger partial charge in [0.25, 0.3) is 5.91 Å². The quantitative estimate of drug-likeness (QED) is 0.847. The SMILES string of the molecule is O=C(NC1CCCCCC1)c1cn2ccsc2n1. The molecule has 2 aromatic rings. The molecule has 4 nitrogen and oxygen atoms in total. The fraction of sp³-hybridized carbons (Fsp3) is 0.538. The highest BCUT2D eigenvalue weighted by atomic mass is 32.1. The maximum atomic E-state index is 12.1. The minimum absolute atomic E-state index is 0.0298. The van der Waals surface area contributed by atoms with E-state index in [-0.39, 0.29) is 5.91 Å². The highest BCUT2D eigenvalue weighted by Crippen LogP contribution is 2.18. The van der Waals surface area contributed by atoms with Gasteiger partial charge >= 0.3 is 0 Å². The average Bonchev–Trinajstić information content (AvgIpc) is 2.85. The molecule has 2 heterocycles. The number of carbonyl (C=O) groups excluding carboxylic acids is 1. The van der Waals surface area contributed by atoms with Crippen molar-refractivity contribution in [1.29, 1.82) is 0 Å². The van der Waals surface area contributed by atoms with Crippen LogP contribution in [-0.2, 0) is 0 Å². The summed E-state index contributed by atoms with van der Waals surface area (Å²) in [7, 11) is 0. The molecule has 0 bridgehead atoms. The Balaban J connectivity index is 1.68. The van der Waals surface area contributed by atoms with E-state index in [0.717, 1.165) is 17.8 Å². The van der Waals surface area contributed by atoms with Gasteiger partial charge in [-0.05, 0) is 12.8 Å². The minimum atomic E-state index is -0.0298. The van der Waals surface area contributed by atoms with Gasteiger partial charge in [-0.3, -0.25) is 9.20 Å². The molecule has 0 atom stereocenters. The largest absolute Gasteiger partial charge is 0.348 e. The first kappa shape index (κ1) is 11.7.